The van der Waals surface area contributed by atoms with Crippen LogP contribution in [0.1, 0.15) is 11.1 Å². The summed E-state index contributed by atoms with van der Waals surface area (Å²) < 4.78 is 21.8. The van der Waals surface area contributed by atoms with Gasteiger partial charge >= 0.3 is 0 Å². The molecular formula is C31H20Br3N3O4. The van der Waals surface area contributed by atoms with E-state index in [0.717, 1.165) is 24.4 Å². The molecular weight excluding hydrogens is 718 g/mol. The van der Waals surface area contributed by atoms with Gasteiger partial charge < -0.3 is 13.9 Å². The minimum absolute atomic E-state index is 0.272. The lowest BCUT2D eigenvalue weighted by molar-refractivity contribution is 0.283. The fourth-order valence-corrected chi connectivity index (χ4v) is 6.00. The summed E-state index contributed by atoms with van der Waals surface area (Å²) in [5.74, 6) is 1.69. The first kappa shape index (κ1) is 27.4. The van der Waals surface area contributed by atoms with E-state index in [9.17, 15) is 4.79 Å². The summed E-state index contributed by atoms with van der Waals surface area (Å²) in [5.41, 5.74) is 2.45. The van der Waals surface area contributed by atoms with Crippen molar-refractivity contribution >= 4 is 75.9 Å². The molecule has 0 aliphatic rings. The fourth-order valence-electron chi connectivity index (χ4n) is 4.38. The maximum Gasteiger partial charge on any atom is 0.282 e. The quantitative estimate of drug-likeness (QED) is 0.154. The van der Waals surface area contributed by atoms with Crippen LogP contribution in [-0.2, 0) is 6.61 Å². The first-order valence-electron chi connectivity index (χ1n) is 12.4. The molecule has 4 aromatic carbocycles. The van der Waals surface area contributed by atoms with Gasteiger partial charge in [-0.05, 0) is 48.5 Å². The Bertz CT molecular complexity index is 1980. The molecule has 10 heteroatoms. The van der Waals surface area contributed by atoms with Crippen molar-refractivity contribution < 1.29 is 13.9 Å². The van der Waals surface area contributed by atoms with Crippen molar-refractivity contribution in [3.8, 4) is 23.1 Å². The topological polar surface area (TPSA) is 78.9 Å². The predicted octanol–water partition coefficient (Wildman–Crippen LogP) is 8.57. The predicted molar refractivity (Wildman–Crippen MR) is 171 cm³/mol. The summed E-state index contributed by atoms with van der Waals surface area (Å²) in [5, 5.41) is 5.95. The number of fused-ring (bicyclic) bond motifs is 2. The van der Waals surface area contributed by atoms with Gasteiger partial charge in [-0.25, -0.2) is 4.98 Å². The van der Waals surface area contributed by atoms with Gasteiger partial charge in [0.15, 0.2) is 17.3 Å². The molecule has 204 valence electrons. The van der Waals surface area contributed by atoms with Crippen LogP contribution < -0.4 is 15.0 Å². The molecule has 6 rings (SSSR count). The van der Waals surface area contributed by atoms with E-state index in [1.165, 1.54) is 4.68 Å². The summed E-state index contributed by atoms with van der Waals surface area (Å²) >= 11 is 10.6. The Kier molecular flexibility index (Phi) is 7.79. The second kappa shape index (κ2) is 11.6. The summed E-state index contributed by atoms with van der Waals surface area (Å²) in [6, 6.07) is 26.2. The van der Waals surface area contributed by atoms with Gasteiger partial charge in [-0.2, -0.15) is 9.78 Å². The zero-order valence-electron chi connectivity index (χ0n) is 21.5. The van der Waals surface area contributed by atoms with Gasteiger partial charge in [-0.1, -0.05) is 84.2 Å². The van der Waals surface area contributed by atoms with Crippen LogP contribution >= 0.6 is 47.8 Å². The molecule has 0 amide bonds. The Labute approximate surface area is 259 Å². The van der Waals surface area contributed by atoms with Crippen LogP contribution in [0.15, 0.2) is 113 Å². The highest BCUT2D eigenvalue weighted by atomic mass is 79.9. The summed E-state index contributed by atoms with van der Waals surface area (Å²) in [7, 11) is 1.57. The number of aromatic nitrogens is 2. The van der Waals surface area contributed by atoms with Crippen LogP contribution in [0.25, 0.3) is 33.5 Å². The molecule has 0 spiro atoms. The molecule has 0 fully saturated rings. The summed E-state index contributed by atoms with van der Waals surface area (Å²) in [4.78, 5) is 18.5. The number of halogens is 3. The summed E-state index contributed by atoms with van der Waals surface area (Å²) in [6.45, 7) is 0.272. The van der Waals surface area contributed by atoms with Gasteiger partial charge in [-0.15, -0.1) is 0 Å². The fraction of sp³-hybridized carbons (Fsp3) is 0.0645. The maximum absolute atomic E-state index is 13.7. The second-order valence-electron chi connectivity index (χ2n) is 9.01. The van der Waals surface area contributed by atoms with E-state index in [1.807, 2.05) is 66.7 Å². The lowest BCUT2D eigenvalue weighted by Gasteiger charge is -2.15. The number of nitrogens with zero attached hydrogens (tertiary/aromatic N) is 3. The van der Waals surface area contributed by atoms with Crippen molar-refractivity contribution in [3.05, 3.63) is 120 Å². The molecule has 2 heterocycles. The number of rotatable bonds is 7. The summed E-state index contributed by atoms with van der Waals surface area (Å²) in [6.07, 6.45) is 1.56. The van der Waals surface area contributed by atoms with Gasteiger partial charge in [-0.3, -0.25) is 4.79 Å². The normalized spacial score (nSPS) is 11.5. The second-order valence-corrected chi connectivity index (χ2v) is 11.7. The monoisotopic (exact) mass is 735 g/mol. The number of methoxy groups -OCH3 is 1. The van der Waals surface area contributed by atoms with E-state index in [0.29, 0.717) is 39.3 Å². The number of hydrogen-bond donors (Lipinski definition) is 0. The zero-order chi connectivity index (χ0) is 28.5. The minimum atomic E-state index is -0.328. The van der Waals surface area contributed by atoms with Crippen molar-refractivity contribution in [2.24, 2.45) is 5.10 Å². The third-order valence-electron chi connectivity index (χ3n) is 6.37. The van der Waals surface area contributed by atoms with Crippen LogP contribution in [0.2, 0.25) is 0 Å². The van der Waals surface area contributed by atoms with E-state index >= 15 is 0 Å². The van der Waals surface area contributed by atoms with E-state index in [4.69, 9.17) is 18.9 Å². The van der Waals surface area contributed by atoms with Crippen molar-refractivity contribution in [1.29, 1.82) is 0 Å². The Morgan fingerprint density at radius 3 is 2.56 bits per heavy atom. The van der Waals surface area contributed by atoms with Gasteiger partial charge in [0.1, 0.15) is 12.2 Å². The average molecular weight is 738 g/mol. The van der Waals surface area contributed by atoms with Crippen LogP contribution in [0.4, 0.5) is 0 Å². The first-order valence-corrected chi connectivity index (χ1v) is 14.8. The molecule has 0 atom stereocenters. The Balaban J connectivity index is 1.47. The average Bonchev–Trinajstić information content (AvgIpc) is 3.41. The van der Waals surface area contributed by atoms with Gasteiger partial charge in [0.05, 0.1) is 24.2 Å². The van der Waals surface area contributed by atoms with E-state index in [1.54, 1.807) is 31.5 Å². The largest absolute Gasteiger partial charge is 0.493 e. The third kappa shape index (κ3) is 5.59. The molecule has 0 aliphatic carbocycles. The highest BCUT2D eigenvalue weighted by Crippen LogP contribution is 2.35. The SMILES string of the molecule is COc1cc(Br)cc(C=Nn2c(-c3cc4ccccc4o3)nc3ccccc3c2=O)c1OCc1ccc(Br)cc1Br. The van der Waals surface area contributed by atoms with Crippen molar-refractivity contribution in [2.75, 3.05) is 7.11 Å². The molecule has 6 aromatic rings. The highest BCUT2D eigenvalue weighted by molar-refractivity contribution is 9.11. The molecule has 7 nitrogen and oxygen atoms in total. The molecule has 0 aliphatic heterocycles. The van der Waals surface area contributed by atoms with Crippen LogP contribution in [-0.4, -0.2) is 23.0 Å². The van der Waals surface area contributed by atoms with Gasteiger partial charge in [0.2, 0.25) is 5.82 Å². The molecule has 0 N–H and O–H groups in total. The minimum Gasteiger partial charge on any atom is -0.493 e. The molecule has 0 bridgehead atoms. The number of para-hydroxylation sites is 2. The van der Waals surface area contributed by atoms with Crippen LogP contribution in [0.3, 0.4) is 0 Å². The molecule has 0 unspecified atom stereocenters. The van der Waals surface area contributed by atoms with Crippen molar-refractivity contribution in [1.82, 2.24) is 9.66 Å². The lowest BCUT2D eigenvalue weighted by Crippen LogP contribution is -2.20. The lowest BCUT2D eigenvalue weighted by atomic mass is 10.2. The first-order chi connectivity index (χ1) is 19.9. The van der Waals surface area contributed by atoms with Crippen LogP contribution in [0, 0.1) is 0 Å². The van der Waals surface area contributed by atoms with E-state index < -0.39 is 0 Å². The maximum atomic E-state index is 13.7. The Hall–Kier alpha value is -3.73. The van der Waals surface area contributed by atoms with Gasteiger partial charge in [0.25, 0.3) is 5.56 Å². The van der Waals surface area contributed by atoms with E-state index in [-0.39, 0.29) is 18.0 Å². The smallest absolute Gasteiger partial charge is 0.282 e. The third-order valence-corrected chi connectivity index (χ3v) is 8.06. The Morgan fingerprint density at radius 1 is 0.951 bits per heavy atom. The number of ether oxygens (including phenoxy) is 2. The van der Waals surface area contributed by atoms with Gasteiger partial charge in [0, 0.05) is 29.9 Å². The molecule has 0 saturated carbocycles. The van der Waals surface area contributed by atoms with Crippen molar-refractivity contribution in [2.45, 2.75) is 6.61 Å². The number of furan rings is 1. The molecule has 41 heavy (non-hydrogen) atoms. The van der Waals surface area contributed by atoms with Crippen molar-refractivity contribution in [3.63, 3.8) is 0 Å². The number of hydrogen-bond acceptors (Lipinski definition) is 6. The zero-order valence-corrected chi connectivity index (χ0v) is 26.2. The number of benzene rings is 4. The molecule has 2 aromatic heterocycles. The van der Waals surface area contributed by atoms with E-state index in [2.05, 4.69) is 52.9 Å². The van der Waals surface area contributed by atoms with Crippen LogP contribution in [0.5, 0.6) is 11.5 Å². The molecule has 0 radical (unpaired) electrons. The highest BCUT2D eigenvalue weighted by Gasteiger charge is 2.18. The standard InChI is InChI=1S/C31H20Br3N3O4/c1-39-27-15-22(33)12-20(29(27)40-17-19-10-11-21(32)14-24(19)34)16-35-37-30(28-13-18-6-2-5-9-26(18)41-28)36-25-8-4-3-7-23(25)31(37)38/h2-16H,17H2,1H3. The Morgan fingerprint density at radius 2 is 1.76 bits per heavy atom. The molecule has 0 saturated heterocycles.